The van der Waals surface area contributed by atoms with Gasteiger partial charge in [-0.25, -0.2) is 15.8 Å². The van der Waals surface area contributed by atoms with E-state index in [-0.39, 0.29) is 5.91 Å². The highest BCUT2D eigenvalue weighted by atomic mass is 16.2. The van der Waals surface area contributed by atoms with Gasteiger partial charge in [-0.2, -0.15) is 0 Å². The Morgan fingerprint density at radius 3 is 2.53 bits per heavy atom. The summed E-state index contributed by atoms with van der Waals surface area (Å²) in [6.07, 6.45) is 1.87. The quantitative estimate of drug-likeness (QED) is 0.497. The minimum atomic E-state index is 0.140. The zero-order valence-corrected chi connectivity index (χ0v) is 11.7. The van der Waals surface area contributed by atoms with E-state index in [9.17, 15) is 4.79 Å². The Balaban J connectivity index is 2.52. The molecule has 1 heterocycles. The van der Waals surface area contributed by atoms with E-state index in [1.54, 1.807) is 4.90 Å². The van der Waals surface area contributed by atoms with Gasteiger partial charge in [0.2, 0.25) is 5.91 Å². The fourth-order valence-corrected chi connectivity index (χ4v) is 1.80. The molecule has 1 aromatic rings. The van der Waals surface area contributed by atoms with Gasteiger partial charge in [-0.05, 0) is 20.8 Å². The maximum atomic E-state index is 11.8. The van der Waals surface area contributed by atoms with Gasteiger partial charge >= 0.3 is 0 Å². The SMILES string of the molecule is CCN(CC)C(=O)CCNc1ncnc(NN)c1C. The van der Waals surface area contributed by atoms with Gasteiger partial charge in [0.25, 0.3) is 0 Å². The second kappa shape index (κ2) is 7.52. The summed E-state index contributed by atoms with van der Waals surface area (Å²) in [7, 11) is 0. The zero-order valence-electron chi connectivity index (χ0n) is 11.7. The molecule has 0 bridgehead atoms. The van der Waals surface area contributed by atoms with Crippen LogP contribution in [0, 0.1) is 6.92 Å². The van der Waals surface area contributed by atoms with Crippen molar-refractivity contribution in [3.8, 4) is 0 Å². The lowest BCUT2D eigenvalue weighted by Gasteiger charge is -2.18. The zero-order chi connectivity index (χ0) is 14.3. The van der Waals surface area contributed by atoms with Crippen LogP contribution in [0.4, 0.5) is 11.6 Å². The topological polar surface area (TPSA) is 96.2 Å². The van der Waals surface area contributed by atoms with E-state index in [2.05, 4.69) is 20.7 Å². The largest absolute Gasteiger partial charge is 0.369 e. The number of hydrogen-bond donors (Lipinski definition) is 3. The van der Waals surface area contributed by atoms with E-state index in [0.717, 1.165) is 18.7 Å². The molecule has 0 atom stereocenters. The van der Waals surface area contributed by atoms with E-state index in [1.807, 2.05) is 20.8 Å². The van der Waals surface area contributed by atoms with Crippen LogP contribution in [-0.4, -0.2) is 40.4 Å². The third kappa shape index (κ3) is 4.06. The summed E-state index contributed by atoms with van der Waals surface area (Å²) >= 11 is 0. The van der Waals surface area contributed by atoms with Gasteiger partial charge < -0.3 is 15.6 Å². The summed E-state index contributed by atoms with van der Waals surface area (Å²) in [5.41, 5.74) is 3.34. The molecule has 0 radical (unpaired) electrons. The number of carbonyl (C=O) groups is 1. The van der Waals surface area contributed by atoms with Crippen LogP contribution in [-0.2, 0) is 4.79 Å². The molecule has 0 aliphatic heterocycles. The van der Waals surface area contributed by atoms with Crippen molar-refractivity contribution in [1.29, 1.82) is 0 Å². The van der Waals surface area contributed by atoms with Gasteiger partial charge in [0, 0.05) is 31.6 Å². The predicted octanol–water partition coefficient (Wildman–Crippen LogP) is 0.741. The molecule has 19 heavy (non-hydrogen) atoms. The van der Waals surface area contributed by atoms with Crippen molar-refractivity contribution >= 4 is 17.5 Å². The van der Waals surface area contributed by atoms with Crippen LogP contribution < -0.4 is 16.6 Å². The number of nitrogen functional groups attached to an aromatic ring is 1. The first-order valence-electron chi connectivity index (χ1n) is 6.43. The highest BCUT2D eigenvalue weighted by Gasteiger charge is 2.10. The number of anilines is 2. The van der Waals surface area contributed by atoms with E-state index >= 15 is 0 Å². The Kier molecular flexibility index (Phi) is 6.01. The lowest BCUT2D eigenvalue weighted by Crippen LogP contribution is -2.31. The van der Waals surface area contributed by atoms with Gasteiger partial charge in [-0.1, -0.05) is 0 Å². The number of aromatic nitrogens is 2. The number of hydrogen-bond acceptors (Lipinski definition) is 6. The molecule has 0 aliphatic rings. The average Bonchev–Trinajstić information content (AvgIpc) is 2.42. The van der Waals surface area contributed by atoms with Gasteiger partial charge in [0.15, 0.2) is 0 Å². The van der Waals surface area contributed by atoms with Crippen LogP contribution in [0.3, 0.4) is 0 Å². The first-order valence-corrected chi connectivity index (χ1v) is 6.43. The Hall–Kier alpha value is -1.89. The molecule has 0 aliphatic carbocycles. The fraction of sp³-hybridized carbons (Fsp3) is 0.583. The monoisotopic (exact) mass is 266 g/mol. The van der Waals surface area contributed by atoms with Gasteiger partial charge in [-0.15, -0.1) is 0 Å². The number of nitrogens with zero attached hydrogens (tertiary/aromatic N) is 3. The maximum absolute atomic E-state index is 11.8. The molecule has 0 fully saturated rings. The van der Waals surface area contributed by atoms with Crippen LogP contribution >= 0.6 is 0 Å². The number of amides is 1. The number of hydrazine groups is 1. The summed E-state index contributed by atoms with van der Waals surface area (Å²) in [4.78, 5) is 21.8. The van der Waals surface area contributed by atoms with Crippen molar-refractivity contribution in [1.82, 2.24) is 14.9 Å². The van der Waals surface area contributed by atoms with Crippen LogP contribution in [0.1, 0.15) is 25.8 Å². The van der Waals surface area contributed by atoms with Crippen LogP contribution in [0.2, 0.25) is 0 Å². The number of carbonyl (C=O) groups excluding carboxylic acids is 1. The van der Waals surface area contributed by atoms with E-state index in [0.29, 0.717) is 24.6 Å². The van der Waals surface area contributed by atoms with E-state index < -0.39 is 0 Å². The van der Waals surface area contributed by atoms with Gasteiger partial charge in [-0.3, -0.25) is 4.79 Å². The number of nitrogens with one attached hydrogen (secondary N) is 2. The number of rotatable bonds is 7. The molecule has 1 rings (SSSR count). The van der Waals surface area contributed by atoms with Crippen LogP contribution in [0.15, 0.2) is 6.33 Å². The average molecular weight is 266 g/mol. The molecule has 4 N–H and O–H groups in total. The fourth-order valence-electron chi connectivity index (χ4n) is 1.80. The molecular weight excluding hydrogens is 244 g/mol. The molecule has 0 saturated heterocycles. The number of nitrogens with two attached hydrogens (primary N) is 1. The molecule has 1 amide bonds. The summed E-state index contributed by atoms with van der Waals surface area (Å²) < 4.78 is 0. The maximum Gasteiger partial charge on any atom is 0.224 e. The van der Waals surface area contributed by atoms with E-state index in [4.69, 9.17) is 5.84 Å². The van der Waals surface area contributed by atoms with Crippen LogP contribution in [0.25, 0.3) is 0 Å². The third-order valence-electron chi connectivity index (χ3n) is 2.97. The van der Waals surface area contributed by atoms with E-state index in [1.165, 1.54) is 6.33 Å². The molecule has 0 spiro atoms. The molecule has 7 nitrogen and oxygen atoms in total. The highest BCUT2D eigenvalue weighted by Crippen LogP contribution is 2.16. The molecule has 0 unspecified atom stereocenters. The Morgan fingerprint density at radius 1 is 1.32 bits per heavy atom. The van der Waals surface area contributed by atoms with Crippen molar-refractivity contribution in [2.45, 2.75) is 27.2 Å². The minimum absolute atomic E-state index is 0.140. The first-order chi connectivity index (χ1) is 9.13. The van der Waals surface area contributed by atoms with Crippen molar-refractivity contribution < 1.29 is 4.79 Å². The smallest absolute Gasteiger partial charge is 0.224 e. The normalized spacial score (nSPS) is 10.1. The molecule has 0 saturated carbocycles. The third-order valence-corrected chi connectivity index (χ3v) is 2.97. The standard InChI is InChI=1S/C12H22N6O/c1-4-18(5-2)10(19)6-7-14-11-9(3)12(17-13)16-8-15-11/h8H,4-7,13H2,1-3H3,(H2,14,15,16,17). The first kappa shape index (κ1) is 15.2. The highest BCUT2D eigenvalue weighted by molar-refractivity contribution is 5.76. The lowest BCUT2D eigenvalue weighted by molar-refractivity contribution is -0.130. The van der Waals surface area contributed by atoms with Crippen LogP contribution in [0.5, 0.6) is 0 Å². The summed E-state index contributed by atoms with van der Waals surface area (Å²) in [6.45, 7) is 7.83. The Bertz CT molecular complexity index is 419. The molecule has 0 aromatic carbocycles. The summed E-state index contributed by atoms with van der Waals surface area (Å²) in [5.74, 6) is 6.75. The van der Waals surface area contributed by atoms with Gasteiger partial charge in [0.05, 0.1) is 0 Å². The van der Waals surface area contributed by atoms with Gasteiger partial charge in [0.1, 0.15) is 18.0 Å². The minimum Gasteiger partial charge on any atom is -0.369 e. The summed E-state index contributed by atoms with van der Waals surface area (Å²) in [6, 6.07) is 0. The Morgan fingerprint density at radius 2 is 1.95 bits per heavy atom. The van der Waals surface area contributed by atoms with Crippen molar-refractivity contribution in [2.75, 3.05) is 30.4 Å². The molecule has 106 valence electrons. The molecule has 1 aromatic heterocycles. The second-order valence-electron chi connectivity index (χ2n) is 4.08. The van der Waals surface area contributed by atoms with Crippen molar-refractivity contribution in [3.63, 3.8) is 0 Å². The summed E-state index contributed by atoms with van der Waals surface area (Å²) in [5, 5.41) is 3.13. The van der Waals surface area contributed by atoms with Crippen molar-refractivity contribution in [3.05, 3.63) is 11.9 Å². The molecule has 7 heteroatoms. The lowest BCUT2D eigenvalue weighted by atomic mass is 10.3. The molecular formula is C12H22N6O. The van der Waals surface area contributed by atoms with Crippen molar-refractivity contribution in [2.24, 2.45) is 5.84 Å². The second-order valence-corrected chi connectivity index (χ2v) is 4.08. The Labute approximate surface area is 113 Å². The predicted molar refractivity (Wildman–Crippen MR) is 75.6 cm³/mol.